The van der Waals surface area contributed by atoms with E-state index >= 15 is 0 Å². The van der Waals surface area contributed by atoms with Gasteiger partial charge in [-0.1, -0.05) is 0 Å². The summed E-state index contributed by atoms with van der Waals surface area (Å²) in [6, 6.07) is -0.146. The smallest absolute Gasteiger partial charge is 0.282 e. The molecule has 0 aromatic carbocycles. The summed E-state index contributed by atoms with van der Waals surface area (Å²) in [6.07, 6.45) is -3.40. The molecule has 0 bridgehead atoms. The third-order valence-electron chi connectivity index (χ3n) is 3.54. The molecule has 0 spiro atoms. The summed E-state index contributed by atoms with van der Waals surface area (Å²) in [5.41, 5.74) is 0. The minimum atomic E-state index is -2.98. The zero-order chi connectivity index (χ0) is 13.1. The van der Waals surface area contributed by atoms with E-state index in [0.29, 0.717) is 13.1 Å². The van der Waals surface area contributed by atoms with Crippen LogP contribution in [-0.2, 0) is 4.79 Å². The Morgan fingerprint density at radius 1 is 1.17 bits per heavy atom. The third-order valence-corrected chi connectivity index (χ3v) is 3.54. The van der Waals surface area contributed by atoms with E-state index < -0.39 is 12.7 Å². The number of halogens is 3. The molecule has 2 aliphatic heterocycles. The van der Waals surface area contributed by atoms with Crippen LogP contribution in [0.1, 0.15) is 12.8 Å². The second-order valence-corrected chi connectivity index (χ2v) is 4.72. The molecule has 2 heterocycles. The molecule has 0 aromatic rings. The highest BCUT2D eigenvalue weighted by atomic mass is 19.3. The molecule has 0 radical (unpaired) electrons. The molecule has 18 heavy (non-hydrogen) atoms. The number of piperazine rings is 1. The molecule has 0 aliphatic carbocycles. The zero-order valence-corrected chi connectivity index (χ0v) is 10.1. The van der Waals surface area contributed by atoms with Crippen molar-refractivity contribution in [3.8, 4) is 0 Å². The number of carbonyl (C=O) groups is 1. The van der Waals surface area contributed by atoms with Crippen molar-refractivity contribution in [2.24, 2.45) is 0 Å². The van der Waals surface area contributed by atoms with Gasteiger partial charge in [-0.25, -0.2) is 13.2 Å². The average molecular weight is 265 g/mol. The maximum atomic E-state index is 13.1. The Bertz CT molecular complexity index is 289. The fourth-order valence-electron chi connectivity index (χ4n) is 2.46. The number of nitrogens with one attached hydrogen (secondary N) is 1. The largest absolute Gasteiger partial charge is 0.339 e. The van der Waals surface area contributed by atoms with E-state index in [2.05, 4.69) is 5.32 Å². The Hall–Kier alpha value is -0.820. The van der Waals surface area contributed by atoms with Crippen molar-refractivity contribution in [3.05, 3.63) is 0 Å². The Labute approximate surface area is 104 Å². The van der Waals surface area contributed by atoms with Crippen LogP contribution in [0.2, 0.25) is 0 Å². The van der Waals surface area contributed by atoms with E-state index in [-0.39, 0.29) is 25.0 Å². The predicted molar refractivity (Wildman–Crippen MR) is 60.1 cm³/mol. The van der Waals surface area contributed by atoms with Crippen LogP contribution in [0.3, 0.4) is 0 Å². The quantitative estimate of drug-likeness (QED) is 0.752. The molecule has 2 aliphatic rings. The Morgan fingerprint density at radius 3 is 2.33 bits per heavy atom. The van der Waals surface area contributed by atoms with Crippen molar-refractivity contribution in [1.29, 1.82) is 0 Å². The van der Waals surface area contributed by atoms with Crippen LogP contribution < -0.4 is 5.32 Å². The SMILES string of the molecule is O=C(C1CCCN1)N1CCN(C(F)C(F)F)CC1. The van der Waals surface area contributed by atoms with Gasteiger partial charge in [-0.15, -0.1) is 0 Å². The van der Waals surface area contributed by atoms with Crippen molar-refractivity contribution in [3.63, 3.8) is 0 Å². The monoisotopic (exact) mass is 265 g/mol. The van der Waals surface area contributed by atoms with E-state index in [1.807, 2.05) is 0 Å². The standard InChI is InChI=1S/C11H18F3N3O/c12-9(13)10(14)16-4-6-17(7-5-16)11(18)8-2-1-3-15-8/h8-10,15H,1-7H2. The van der Waals surface area contributed by atoms with Gasteiger partial charge in [0.05, 0.1) is 6.04 Å². The fourth-order valence-corrected chi connectivity index (χ4v) is 2.46. The van der Waals surface area contributed by atoms with Gasteiger partial charge in [-0.3, -0.25) is 9.69 Å². The fraction of sp³-hybridized carbons (Fsp3) is 0.909. The summed E-state index contributed by atoms with van der Waals surface area (Å²) in [5, 5.41) is 3.11. The molecule has 2 atom stereocenters. The number of alkyl halides is 3. The van der Waals surface area contributed by atoms with E-state index in [0.717, 1.165) is 24.3 Å². The van der Waals surface area contributed by atoms with Gasteiger partial charge in [0.25, 0.3) is 6.43 Å². The van der Waals surface area contributed by atoms with Crippen molar-refractivity contribution >= 4 is 5.91 Å². The van der Waals surface area contributed by atoms with E-state index in [1.165, 1.54) is 0 Å². The first-order valence-electron chi connectivity index (χ1n) is 6.28. The molecular weight excluding hydrogens is 247 g/mol. The van der Waals surface area contributed by atoms with Crippen LogP contribution >= 0.6 is 0 Å². The molecule has 2 saturated heterocycles. The first kappa shape index (κ1) is 13.6. The summed E-state index contributed by atoms with van der Waals surface area (Å²) in [6.45, 7) is 1.83. The van der Waals surface area contributed by atoms with Crippen molar-refractivity contribution in [1.82, 2.24) is 15.1 Å². The predicted octanol–water partition coefficient (Wildman–Crippen LogP) is 0.443. The molecule has 104 valence electrons. The number of hydrogen-bond acceptors (Lipinski definition) is 3. The highest BCUT2D eigenvalue weighted by Crippen LogP contribution is 2.16. The van der Waals surface area contributed by atoms with Gasteiger partial charge in [0.1, 0.15) is 0 Å². The van der Waals surface area contributed by atoms with Crippen LogP contribution in [-0.4, -0.2) is 67.2 Å². The third kappa shape index (κ3) is 2.95. The maximum absolute atomic E-state index is 13.1. The Kier molecular flexibility index (Phi) is 4.45. The summed E-state index contributed by atoms with van der Waals surface area (Å²) in [7, 11) is 0. The summed E-state index contributed by atoms with van der Waals surface area (Å²) >= 11 is 0. The van der Waals surface area contributed by atoms with Gasteiger partial charge >= 0.3 is 0 Å². The highest BCUT2D eigenvalue weighted by Gasteiger charge is 2.33. The Balaban J connectivity index is 1.81. The lowest BCUT2D eigenvalue weighted by molar-refractivity contribution is -0.137. The summed E-state index contributed by atoms with van der Waals surface area (Å²) in [5.74, 6) is 0.0135. The molecule has 4 nitrogen and oxygen atoms in total. The summed E-state index contributed by atoms with van der Waals surface area (Å²) in [4.78, 5) is 14.7. The van der Waals surface area contributed by atoms with Crippen molar-refractivity contribution < 1.29 is 18.0 Å². The highest BCUT2D eigenvalue weighted by molar-refractivity contribution is 5.82. The number of rotatable bonds is 3. The van der Waals surface area contributed by atoms with Gasteiger partial charge in [0.2, 0.25) is 12.2 Å². The van der Waals surface area contributed by atoms with Gasteiger partial charge in [-0.05, 0) is 19.4 Å². The molecule has 7 heteroatoms. The van der Waals surface area contributed by atoms with Crippen molar-refractivity contribution in [2.75, 3.05) is 32.7 Å². The maximum Gasteiger partial charge on any atom is 0.282 e. The van der Waals surface area contributed by atoms with Crippen LogP contribution in [0, 0.1) is 0 Å². The molecule has 0 aromatic heterocycles. The van der Waals surface area contributed by atoms with Gasteiger partial charge in [-0.2, -0.15) is 0 Å². The normalized spacial score (nSPS) is 27.8. The first-order chi connectivity index (χ1) is 8.59. The summed E-state index contributed by atoms with van der Waals surface area (Å²) < 4.78 is 37.5. The second kappa shape index (κ2) is 5.88. The number of hydrogen-bond donors (Lipinski definition) is 1. The molecule has 0 saturated carbocycles. The van der Waals surface area contributed by atoms with Crippen molar-refractivity contribution in [2.45, 2.75) is 31.6 Å². The number of amides is 1. The first-order valence-corrected chi connectivity index (χ1v) is 6.28. The van der Waals surface area contributed by atoms with Gasteiger partial charge in [0.15, 0.2) is 0 Å². The zero-order valence-electron chi connectivity index (χ0n) is 10.1. The lowest BCUT2D eigenvalue weighted by Crippen LogP contribution is -2.55. The van der Waals surface area contributed by atoms with Gasteiger partial charge < -0.3 is 10.2 Å². The van der Waals surface area contributed by atoms with Crippen LogP contribution in [0.5, 0.6) is 0 Å². The minimum absolute atomic E-state index is 0.0135. The topological polar surface area (TPSA) is 35.6 Å². The van der Waals surface area contributed by atoms with Gasteiger partial charge in [0, 0.05) is 26.2 Å². The molecular formula is C11H18F3N3O. The number of nitrogens with zero attached hydrogens (tertiary/aromatic N) is 2. The molecule has 2 fully saturated rings. The Morgan fingerprint density at radius 2 is 1.83 bits per heavy atom. The minimum Gasteiger partial charge on any atom is -0.339 e. The molecule has 1 amide bonds. The lowest BCUT2D eigenvalue weighted by atomic mass is 10.2. The molecule has 1 N–H and O–H groups in total. The second-order valence-electron chi connectivity index (χ2n) is 4.72. The van der Waals surface area contributed by atoms with E-state index in [4.69, 9.17) is 0 Å². The molecule has 2 unspecified atom stereocenters. The van der Waals surface area contributed by atoms with Crippen LogP contribution in [0.15, 0.2) is 0 Å². The average Bonchev–Trinajstić information content (AvgIpc) is 2.91. The van der Waals surface area contributed by atoms with Crippen LogP contribution in [0.4, 0.5) is 13.2 Å². The lowest BCUT2D eigenvalue weighted by Gasteiger charge is -2.37. The van der Waals surface area contributed by atoms with E-state index in [9.17, 15) is 18.0 Å². The van der Waals surface area contributed by atoms with Crippen LogP contribution in [0.25, 0.3) is 0 Å². The van der Waals surface area contributed by atoms with E-state index in [1.54, 1.807) is 4.90 Å². The molecule has 2 rings (SSSR count). The number of carbonyl (C=O) groups excluding carboxylic acids is 1.